The summed E-state index contributed by atoms with van der Waals surface area (Å²) in [7, 11) is -9.89. The first-order chi connectivity index (χ1) is 42.6. The third kappa shape index (κ3) is 61.6. The first kappa shape index (κ1) is 86.1. The lowest BCUT2D eigenvalue weighted by molar-refractivity contribution is -0.161. The monoisotopic (exact) mass is 1300 g/mol. The number of ether oxygens (including phenoxy) is 4. The molecular formula is C69H134O17P2. The van der Waals surface area contributed by atoms with Gasteiger partial charge in [-0.1, -0.05) is 304 Å². The zero-order valence-corrected chi connectivity index (χ0v) is 58.6. The summed E-state index contributed by atoms with van der Waals surface area (Å²) in [5.74, 6) is -1.28. The van der Waals surface area contributed by atoms with Crippen LogP contribution in [0, 0.1) is 5.92 Å². The van der Waals surface area contributed by atoms with E-state index in [1.54, 1.807) is 0 Å². The minimum atomic E-state index is -4.95. The van der Waals surface area contributed by atoms with Crippen molar-refractivity contribution in [3.05, 3.63) is 0 Å². The van der Waals surface area contributed by atoms with Crippen LogP contribution < -0.4 is 0 Å². The van der Waals surface area contributed by atoms with Crippen LogP contribution >= 0.6 is 15.6 Å². The molecule has 0 aromatic rings. The highest BCUT2D eigenvalue weighted by Crippen LogP contribution is 2.45. The fourth-order valence-corrected chi connectivity index (χ4v) is 12.0. The lowest BCUT2D eigenvalue weighted by Crippen LogP contribution is -2.30. The molecule has 0 saturated carbocycles. The molecule has 0 aliphatic rings. The summed E-state index contributed by atoms with van der Waals surface area (Å²) in [6, 6.07) is 0. The molecule has 3 N–H and O–H groups in total. The molecule has 0 heterocycles. The van der Waals surface area contributed by atoms with Gasteiger partial charge in [-0.3, -0.25) is 37.3 Å². The predicted molar refractivity (Wildman–Crippen MR) is 354 cm³/mol. The Morgan fingerprint density at radius 1 is 0.318 bits per heavy atom. The second-order valence-electron chi connectivity index (χ2n) is 25.2. The third-order valence-corrected chi connectivity index (χ3v) is 18.3. The van der Waals surface area contributed by atoms with E-state index in [4.69, 9.17) is 37.0 Å². The van der Waals surface area contributed by atoms with Crippen molar-refractivity contribution in [1.29, 1.82) is 0 Å². The Morgan fingerprint density at radius 2 is 0.545 bits per heavy atom. The number of rotatable bonds is 69. The summed E-state index contributed by atoms with van der Waals surface area (Å²) in [4.78, 5) is 72.4. The predicted octanol–water partition coefficient (Wildman–Crippen LogP) is 19.7. The Hall–Kier alpha value is -1.94. The molecule has 0 radical (unpaired) electrons. The molecule has 19 heteroatoms. The molecule has 0 aromatic carbocycles. The van der Waals surface area contributed by atoms with E-state index < -0.39 is 97.5 Å². The van der Waals surface area contributed by atoms with E-state index in [1.807, 2.05) is 0 Å². The van der Waals surface area contributed by atoms with Gasteiger partial charge in [0.05, 0.1) is 26.4 Å². The van der Waals surface area contributed by atoms with Crippen LogP contribution in [0.4, 0.5) is 0 Å². The number of aliphatic hydroxyl groups excluding tert-OH is 1. The van der Waals surface area contributed by atoms with Crippen molar-refractivity contribution in [2.45, 2.75) is 374 Å². The van der Waals surface area contributed by atoms with Gasteiger partial charge in [0, 0.05) is 25.7 Å². The molecule has 0 saturated heterocycles. The number of carbonyl (C=O) groups is 4. The molecule has 0 aliphatic heterocycles. The van der Waals surface area contributed by atoms with Crippen molar-refractivity contribution in [3.8, 4) is 0 Å². The van der Waals surface area contributed by atoms with E-state index in [1.165, 1.54) is 173 Å². The van der Waals surface area contributed by atoms with Gasteiger partial charge >= 0.3 is 39.5 Å². The second-order valence-corrected chi connectivity index (χ2v) is 28.1. The summed E-state index contributed by atoms with van der Waals surface area (Å²) in [6.07, 6.45) is 48.4. The number of phosphoric acid groups is 2. The van der Waals surface area contributed by atoms with E-state index in [-0.39, 0.29) is 25.7 Å². The standard InChI is InChI=1S/C69H134O17P2/c1-6-10-13-16-19-22-28-33-38-43-48-53-67(72)80-59-65(86-69(74)55-50-45-40-35-31-27-25-24-26-30-32-36-41-46-51-62(5)9-4)61-84-88(77,78)82-57-63(70)56-81-87(75,76)83-60-64(58-79-66(71)52-47-42-37-21-18-15-12-8-3)85-68(73)54-49-44-39-34-29-23-20-17-14-11-7-2/h62-65,70H,6-61H2,1-5H3,(H,75,76)(H,77,78)/t62?,63-,64+,65+/m0/s1. The van der Waals surface area contributed by atoms with Crippen LogP contribution in [-0.2, 0) is 65.4 Å². The molecular weight excluding hydrogens is 1160 g/mol. The van der Waals surface area contributed by atoms with Crippen LogP contribution in [0.2, 0.25) is 0 Å². The minimum absolute atomic E-state index is 0.107. The number of unbranched alkanes of at least 4 members (excludes halogenated alkanes) is 40. The molecule has 88 heavy (non-hydrogen) atoms. The summed E-state index contributed by atoms with van der Waals surface area (Å²) >= 11 is 0. The van der Waals surface area contributed by atoms with Gasteiger partial charge < -0.3 is 33.8 Å². The molecule has 522 valence electrons. The minimum Gasteiger partial charge on any atom is -0.462 e. The Balaban J connectivity index is 5.19. The normalized spacial score (nSPS) is 14.4. The topological polar surface area (TPSA) is 237 Å². The van der Waals surface area contributed by atoms with Gasteiger partial charge in [0.25, 0.3) is 0 Å². The maximum Gasteiger partial charge on any atom is 0.472 e. The first-order valence-corrected chi connectivity index (χ1v) is 39.2. The average molecular weight is 1300 g/mol. The molecule has 0 bridgehead atoms. The van der Waals surface area contributed by atoms with E-state index in [2.05, 4.69) is 34.6 Å². The van der Waals surface area contributed by atoms with Crippen LogP contribution in [0.25, 0.3) is 0 Å². The van der Waals surface area contributed by atoms with Gasteiger partial charge in [0.1, 0.15) is 19.3 Å². The zero-order chi connectivity index (χ0) is 64.9. The summed E-state index contributed by atoms with van der Waals surface area (Å²) in [5, 5.41) is 10.6. The first-order valence-electron chi connectivity index (χ1n) is 36.2. The highest BCUT2D eigenvalue weighted by Gasteiger charge is 2.30. The Kier molecular flexibility index (Phi) is 61.1. The third-order valence-electron chi connectivity index (χ3n) is 16.4. The lowest BCUT2D eigenvalue weighted by Gasteiger charge is -2.21. The molecule has 0 rings (SSSR count). The van der Waals surface area contributed by atoms with Gasteiger partial charge in [-0.2, -0.15) is 0 Å². The van der Waals surface area contributed by atoms with Crippen molar-refractivity contribution in [2.24, 2.45) is 5.92 Å². The number of esters is 4. The number of hydrogen-bond acceptors (Lipinski definition) is 15. The number of hydrogen-bond donors (Lipinski definition) is 3. The highest BCUT2D eigenvalue weighted by atomic mass is 31.2. The number of carbonyl (C=O) groups excluding carboxylic acids is 4. The van der Waals surface area contributed by atoms with Crippen LogP contribution in [-0.4, -0.2) is 96.7 Å². The SMILES string of the molecule is CCCCCCCCCCCCCC(=O)OC[C@H](COP(=O)(O)OC[C@@H](O)COP(=O)(O)OC[C@@H](COC(=O)CCCCCCCCCC)OC(=O)CCCCCCCCCCCCC)OC(=O)CCCCCCCCCCCCCCCCC(C)CC. The Labute approximate surface area is 537 Å². The van der Waals surface area contributed by atoms with Crippen molar-refractivity contribution in [2.75, 3.05) is 39.6 Å². The molecule has 17 nitrogen and oxygen atoms in total. The molecule has 0 aromatic heterocycles. The van der Waals surface area contributed by atoms with E-state index >= 15 is 0 Å². The van der Waals surface area contributed by atoms with Gasteiger partial charge in [-0.25, -0.2) is 9.13 Å². The fraction of sp³-hybridized carbons (Fsp3) is 0.942. The zero-order valence-electron chi connectivity index (χ0n) is 56.9. The number of aliphatic hydroxyl groups is 1. The second kappa shape index (κ2) is 62.5. The Bertz CT molecular complexity index is 1710. The van der Waals surface area contributed by atoms with Crippen LogP contribution in [0.15, 0.2) is 0 Å². The fourth-order valence-electron chi connectivity index (χ4n) is 10.4. The largest absolute Gasteiger partial charge is 0.472 e. The maximum atomic E-state index is 13.0. The van der Waals surface area contributed by atoms with Gasteiger partial charge in [0.2, 0.25) is 0 Å². The van der Waals surface area contributed by atoms with Gasteiger partial charge in [0.15, 0.2) is 12.2 Å². The molecule has 3 unspecified atom stereocenters. The summed E-state index contributed by atoms with van der Waals surface area (Å²) in [6.45, 7) is 7.26. The van der Waals surface area contributed by atoms with Gasteiger partial charge in [-0.15, -0.1) is 0 Å². The van der Waals surface area contributed by atoms with Crippen LogP contribution in [0.3, 0.4) is 0 Å². The molecule has 0 fully saturated rings. The van der Waals surface area contributed by atoms with E-state index in [0.29, 0.717) is 25.7 Å². The van der Waals surface area contributed by atoms with Gasteiger partial charge in [-0.05, 0) is 31.6 Å². The summed E-state index contributed by atoms with van der Waals surface area (Å²) < 4.78 is 68.2. The van der Waals surface area contributed by atoms with Crippen LogP contribution in [0.1, 0.15) is 356 Å². The van der Waals surface area contributed by atoms with Crippen molar-refractivity contribution >= 4 is 39.5 Å². The lowest BCUT2D eigenvalue weighted by atomic mass is 9.99. The van der Waals surface area contributed by atoms with E-state index in [0.717, 1.165) is 102 Å². The smallest absolute Gasteiger partial charge is 0.462 e. The molecule has 6 atom stereocenters. The summed E-state index contributed by atoms with van der Waals surface area (Å²) in [5.41, 5.74) is 0. The molecule has 0 spiro atoms. The van der Waals surface area contributed by atoms with Crippen LogP contribution in [0.5, 0.6) is 0 Å². The van der Waals surface area contributed by atoms with Crippen molar-refractivity contribution < 1.29 is 80.2 Å². The molecule has 0 aliphatic carbocycles. The highest BCUT2D eigenvalue weighted by molar-refractivity contribution is 7.47. The van der Waals surface area contributed by atoms with Crippen molar-refractivity contribution in [1.82, 2.24) is 0 Å². The Morgan fingerprint density at radius 3 is 0.807 bits per heavy atom. The van der Waals surface area contributed by atoms with E-state index in [9.17, 15) is 43.2 Å². The maximum absolute atomic E-state index is 13.0. The quantitative estimate of drug-likeness (QED) is 0.0222. The average Bonchev–Trinajstić information content (AvgIpc) is 3.68. The molecule has 0 amide bonds. The number of phosphoric ester groups is 2. The van der Waals surface area contributed by atoms with Crippen molar-refractivity contribution in [3.63, 3.8) is 0 Å².